The molecule has 0 radical (unpaired) electrons. The Kier molecular flexibility index (Phi) is 4.64. The third-order valence-corrected chi connectivity index (χ3v) is 2.41. The molecule has 19 heavy (non-hydrogen) atoms. The average molecular weight is 265 g/mol. The van der Waals surface area contributed by atoms with Crippen LogP contribution in [0, 0.1) is 0 Å². The third kappa shape index (κ3) is 5.07. The van der Waals surface area contributed by atoms with Crippen LogP contribution < -0.4 is 16.0 Å². The second kappa shape index (κ2) is 5.82. The van der Waals surface area contributed by atoms with E-state index in [9.17, 15) is 4.79 Å². The van der Waals surface area contributed by atoms with Gasteiger partial charge in [-0.05, 0) is 44.5 Å². The average Bonchev–Trinajstić information content (AvgIpc) is 2.23. The molecule has 1 aromatic rings. The number of carbonyl (C=O) groups is 1. The van der Waals surface area contributed by atoms with Gasteiger partial charge in [-0.25, -0.2) is 4.79 Å². The van der Waals surface area contributed by atoms with E-state index >= 15 is 0 Å². The maximum absolute atomic E-state index is 11.6. The molecule has 1 aromatic carbocycles. The van der Waals surface area contributed by atoms with Crippen LogP contribution in [0.15, 0.2) is 18.2 Å². The van der Waals surface area contributed by atoms with Crippen molar-refractivity contribution in [2.24, 2.45) is 0 Å². The first kappa shape index (κ1) is 15.1. The number of nitrogens with two attached hydrogens (primary N) is 1. The Morgan fingerprint density at radius 1 is 1.37 bits per heavy atom. The molecule has 0 fully saturated rings. The lowest BCUT2D eigenvalue weighted by atomic mass is 10.1. The lowest BCUT2D eigenvalue weighted by Gasteiger charge is -2.21. The van der Waals surface area contributed by atoms with Crippen molar-refractivity contribution in [1.82, 2.24) is 5.32 Å². The van der Waals surface area contributed by atoms with Crippen LogP contribution in [-0.2, 0) is 11.3 Å². The van der Waals surface area contributed by atoms with Gasteiger partial charge in [-0.15, -0.1) is 0 Å². The van der Waals surface area contributed by atoms with Gasteiger partial charge in [0.2, 0.25) is 0 Å². The van der Waals surface area contributed by atoms with Crippen LogP contribution in [0.2, 0.25) is 0 Å². The van der Waals surface area contributed by atoms with E-state index in [2.05, 4.69) is 5.32 Å². The highest BCUT2D eigenvalue weighted by atomic mass is 16.6. The van der Waals surface area contributed by atoms with Crippen LogP contribution in [0.3, 0.4) is 0 Å². The highest BCUT2D eigenvalue weighted by molar-refractivity contribution is 5.68. The van der Waals surface area contributed by atoms with E-state index in [1.165, 1.54) is 0 Å². The number of benzene rings is 1. The number of nitrogens with one attached hydrogen (secondary N) is 1. The minimum Gasteiger partial charge on any atom is -0.444 e. The lowest BCUT2D eigenvalue weighted by Crippen LogP contribution is -2.32. The van der Waals surface area contributed by atoms with Crippen molar-refractivity contribution < 1.29 is 9.53 Å². The van der Waals surface area contributed by atoms with Gasteiger partial charge in [0.1, 0.15) is 5.60 Å². The van der Waals surface area contributed by atoms with E-state index in [1.54, 1.807) is 0 Å². The zero-order valence-electron chi connectivity index (χ0n) is 12.3. The highest BCUT2D eigenvalue weighted by Crippen LogP contribution is 2.21. The molecule has 5 heteroatoms. The van der Waals surface area contributed by atoms with E-state index in [1.807, 2.05) is 58.0 Å². The van der Waals surface area contributed by atoms with Crippen molar-refractivity contribution in [3.05, 3.63) is 23.8 Å². The molecule has 1 rings (SSSR count). The van der Waals surface area contributed by atoms with Crippen LogP contribution in [0.5, 0.6) is 0 Å². The summed E-state index contributed by atoms with van der Waals surface area (Å²) in [7, 11) is 3.89. The van der Waals surface area contributed by atoms with Gasteiger partial charge in [-0.2, -0.15) is 0 Å². The van der Waals surface area contributed by atoms with Crippen molar-refractivity contribution >= 4 is 17.5 Å². The first-order valence-corrected chi connectivity index (χ1v) is 6.21. The van der Waals surface area contributed by atoms with E-state index in [-0.39, 0.29) is 0 Å². The highest BCUT2D eigenvalue weighted by Gasteiger charge is 2.16. The van der Waals surface area contributed by atoms with Gasteiger partial charge in [-0.1, -0.05) is 0 Å². The fourth-order valence-electron chi connectivity index (χ4n) is 1.66. The van der Waals surface area contributed by atoms with E-state index in [0.29, 0.717) is 12.2 Å². The van der Waals surface area contributed by atoms with Gasteiger partial charge in [0.05, 0.1) is 0 Å². The molecule has 1 amide bonds. The van der Waals surface area contributed by atoms with E-state index in [4.69, 9.17) is 10.5 Å². The number of alkyl carbamates (subject to hydrolysis) is 1. The van der Waals surface area contributed by atoms with Crippen molar-refractivity contribution in [2.45, 2.75) is 32.9 Å². The molecule has 0 saturated heterocycles. The first-order chi connectivity index (χ1) is 8.69. The zero-order chi connectivity index (χ0) is 14.6. The Bertz CT molecular complexity index is 450. The molecular weight excluding hydrogens is 242 g/mol. The number of rotatable bonds is 3. The molecule has 0 heterocycles. The summed E-state index contributed by atoms with van der Waals surface area (Å²) in [6, 6.07) is 5.63. The summed E-state index contributed by atoms with van der Waals surface area (Å²) >= 11 is 0. The van der Waals surface area contributed by atoms with Crippen molar-refractivity contribution in [1.29, 1.82) is 0 Å². The molecular formula is C14H23N3O2. The topological polar surface area (TPSA) is 67.6 Å². The largest absolute Gasteiger partial charge is 0.444 e. The molecule has 0 aliphatic carbocycles. The van der Waals surface area contributed by atoms with Crippen LogP contribution >= 0.6 is 0 Å². The normalized spacial score (nSPS) is 11.0. The number of ether oxygens (including phenoxy) is 1. The summed E-state index contributed by atoms with van der Waals surface area (Å²) in [5.74, 6) is 0. The van der Waals surface area contributed by atoms with Crippen molar-refractivity contribution in [3.8, 4) is 0 Å². The molecule has 106 valence electrons. The molecule has 0 spiro atoms. The molecule has 0 aromatic heterocycles. The molecule has 0 aliphatic heterocycles. The smallest absolute Gasteiger partial charge is 0.407 e. The lowest BCUT2D eigenvalue weighted by molar-refractivity contribution is 0.0523. The molecule has 0 bridgehead atoms. The Hall–Kier alpha value is -1.91. The van der Waals surface area contributed by atoms with Gasteiger partial charge in [-0.3, -0.25) is 0 Å². The molecule has 5 nitrogen and oxygen atoms in total. The minimum atomic E-state index is -0.496. The second-order valence-electron chi connectivity index (χ2n) is 5.64. The monoisotopic (exact) mass is 265 g/mol. The first-order valence-electron chi connectivity index (χ1n) is 6.21. The van der Waals surface area contributed by atoms with Crippen molar-refractivity contribution in [2.75, 3.05) is 24.7 Å². The van der Waals surface area contributed by atoms with Gasteiger partial charge >= 0.3 is 6.09 Å². The predicted molar refractivity (Wildman–Crippen MR) is 78.3 cm³/mol. The Morgan fingerprint density at radius 2 is 2.00 bits per heavy atom. The van der Waals surface area contributed by atoms with Crippen LogP contribution in [0.25, 0.3) is 0 Å². The Balaban J connectivity index is 2.72. The maximum Gasteiger partial charge on any atom is 0.407 e. The predicted octanol–water partition coefficient (Wildman–Crippen LogP) is 2.36. The molecule has 3 N–H and O–H groups in total. The number of anilines is 2. The Labute approximate surface area is 114 Å². The van der Waals surface area contributed by atoms with Crippen molar-refractivity contribution in [3.63, 3.8) is 0 Å². The second-order valence-corrected chi connectivity index (χ2v) is 5.64. The number of hydrogen-bond acceptors (Lipinski definition) is 4. The summed E-state index contributed by atoms with van der Waals surface area (Å²) in [6.07, 6.45) is -0.431. The van der Waals surface area contributed by atoms with Gasteiger partial charge in [0, 0.05) is 32.0 Å². The van der Waals surface area contributed by atoms with E-state index < -0.39 is 11.7 Å². The number of amides is 1. The molecule has 0 atom stereocenters. The fourth-order valence-corrected chi connectivity index (χ4v) is 1.66. The minimum absolute atomic E-state index is 0.382. The Morgan fingerprint density at radius 3 is 2.53 bits per heavy atom. The fraction of sp³-hybridized carbons (Fsp3) is 0.500. The zero-order valence-corrected chi connectivity index (χ0v) is 12.3. The maximum atomic E-state index is 11.6. The summed E-state index contributed by atoms with van der Waals surface area (Å²) in [4.78, 5) is 13.6. The molecule has 0 unspecified atom stereocenters. The summed E-state index contributed by atoms with van der Waals surface area (Å²) < 4.78 is 5.20. The number of nitrogens with zero attached hydrogens (tertiary/aromatic N) is 1. The SMILES string of the molecule is CN(C)c1ccc(N)cc1CNC(=O)OC(C)(C)C. The quantitative estimate of drug-likeness (QED) is 0.823. The van der Waals surface area contributed by atoms with Crippen LogP contribution in [0.4, 0.5) is 16.2 Å². The number of nitrogen functional groups attached to an aromatic ring is 1. The number of hydrogen-bond donors (Lipinski definition) is 2. The van der Waals surface area contributed by atoms with Gasteiger partial charge in [0.25, 0.3) is 0 Å². The summed E-state index contributed by atoms with van der Waals surface area (Å²) in [5.41, 5.74) is 7.92. The van der Waals surface area contributed by atoms with Crippen LogP contribution in [-0.4, -0.2) is 25.8 Å². The van der Waals surface area contributed by atoms with Crippen LogP contribution in [0.1, 0.15) is 26.3 Å². The molecule has 0 aliphatic rings. The third-order valence-electron chi connectivity index (χ3n) is 2.41. The summed E-state index contributed by atoms with van der Waals surface area (Å²) in [5, 5.41) is 2.73. The van der Waals surface area contributed by atoms with Gasteiger partial charge < -0.3 is 20.7 Å². The summed E-state index contributed by atoms with van der Waals surface area (Å²) in [6.45, 7) is 5.88. The van der Waals surface area contributed by atoms with Gasteiger partial charge in [0.15, 0.2) is 0 Å². The molecule has 0 saturated carbocycles. The number of carbonyl (C=O) groups excluding carboxylic acids is 1. The standard InChI is InChI=1S/C14H23N3O2/c1-14(2,3)19-13(18)16-9-10-8-11(15)6-7-12(10)17(4)5/h6-8H,9,15H2,1-5H3,(H,16,18). The van der Waals surface area contributed by atoms with E-state index in [0.717, 1.165) is 11.3 Å².